The molecule has 2 rings (SSSR count). The van der Waals surface area contributed by atoms with Gasteiger partial charge in [-0.1, -0.05) is 26.2 Å². The Labute approximate surface area is 131 Å². The van der Waals surface area contributed by atoms with Gasteiger partial charge in [0.1, 0.15) is 0 Å². The molecular formula is C18H36N2O. The Kier molecular flexibility index (Phi) is 8.05. The second-order valence-corrected chi connectivity index (χ2v) is 7.34. The van der Waals surface area contributed by atoms with Crippen LogP contribution in [0, 0.1) is 11.8 Å². The van der Waals surface area contributed by atoms with Crippen molar-refractivity contribution in [2.75, 3.05) is 32.8 Å². The van der Waals surface area contributed by atoms with E-state index in [0.29, 0.717) is 12.6 Å². The summed E-state index contributed by atoms with van der Waals surface area (Å²) in [6, 6.07) is 0.677. The summed E-state index contributed by atoms with van der Waals surface area (Å²) in [6.45, 7) is 7.58. The third-order valence-corrected chi connectivity index (χ3v) is 5.34. The summed E-state index contributed by atoms with van der Waals surface area (Å²) >= 11 is 0. The standard InChI is InChI=1S/C18H36N2O/c1-2-10-20-14-17(9-6-11-21)12-18(15-20)19-13-16-7-4-3-5-8-16/h16-19,21H,2-15H2,1H3. The number of hydrogen-bond donors (Lipinski definition) is 2. The van der Waals surface area contributed by atoms with Crippen molar-refractivity contribution in [3.05, 3.63) is 0 Å². The van der Waals surface area contributed by atoms with Gasteiger partial charge in [-0.05, 0) is 63.5 Å². The van der Waals surface area contributed by atoms with E-state index in [2.05, 4.69) is 17.1 Å². The Morgan fingerprint density at radius 2 is 1.90 bits per heavy atom. The molecule has 21 heavy (non-hydrogen) atoms. The maximum absolute atomic E-state index is 9.08. The van der Waals surface area contributed by atoms with E-state index >= 15 is 0 Å². The highest BCUT2D eigenvalue weighted by Crippen LogP contribution is 2.25. The Hall–Kier alpha value is -0.120. The molecule has 1 aliphatic carbocycles. The molecule has 1 aliphatic heterocycles. The summed E-state index contributed by atoms with van der Waals surface area (Å²) < 4.78 is 0. The van der Waals surface area contributed by atoms with Crippen molar-refractivity contribution in [3.8, 4) is 0 Å². The van der Waals surface area contributed by atoms with Gasteiger partial charge < -0.3 is 15.3 Å². The van der Waals surface area contributed by atoms with Crippen molar-refractivity contribution >= 4 is 0 Å². The molecule has 2 aliphatic rings. The van der Waals surface area contributed by atoms with Crippen LogP contribution in [0.2, 0.25) is 0 Å². The molecule has 0 bridgehead atoms. The van der Waals surface area contributed by atoms with E-state index in [9.17, 15) is 0 Å². The van der Waals surface area contributed by atoms with Gasteiger partial charge in [-0.3, -0.25) is 0 Å². The van der Waals surface area contributed by atoms with Crippen LogP contribution in [0.15, 0.2) is 0 Å². The van der Waals surface area contributed by atoms with E-state index in [0.717, 1.165) is 18.3 Å². The number of piperidine rings is 1. The van der Waals surface area contributed by atoms with Crippen LogP contribution in [-0.4, -0.2) is 48.8 Å². The zero-order valence-corrected chi connectivity index (χ0v) is 14.0. The quantitative estimate of drug-likeness (QED) is 0.723. The average Bonchev–Trinajstić information content (AvgIpc) is 2.52. The number of nitrogens with zero attached hydrogens (tertiary/aromatic N) is 1. The molecule has 0 amide bonds. The van der Waals surface area contributed by atoms with Crippen molar-refractivity contribution in [1.29, 1.82) is 0 Å². The van der Waals surface area contributed by atoms with Crippen LogP contribution in [0.25, 0.3) is 0 Å². The van der Waals surface area contributed by atoms with Crippen LogP contribution < -0.4 is 5.32 Å². The van der Waals surface area contributed by atoms with Gasteiger partial charge in [0.05, 0.1) is 0 Å². The van der Waals surface area contributed by atoms with E-state index in [1.807, 2.05) is 0 Å². The van der Waals surface area contributed by atoms with Gasteiger partial charge in [0.2, 0.25) is 0 Å². The van der Waals surface area contributed by atoms with E-state index in [1.54, 1.807) is 0 Å². The molecule has 0 spiro atoms. The Bertz CT molecular complexity index is 266. The normalized spacial score (nSPS) is 28.9. The van der Waals surface area contributed by atoms with Crippen LogP contribution in [0.5, 0.6) is 0 Å². The van der Waals surface area contributed by atoms with Crippen LogP contribution in [0.1, 0.15) is 64.7 Å². The molecule has 2 atom stereocenters. The van der Waals surface area contributed by atoms with E-state index < -0.39 is 0 Å². The van der Waals surface area contributed by atoms with E-state index in [1.165, 1.54) is 77.5 Å². The first kappa shape index (κ1) is 17.2. The van der Waals surface area contributed by atoms with E-state index in [-0.39, 0.29) is 0 Å². The predicted molar refractivity (Wildman–Crippen MR) is 89.5 cm³/mol. The monoisotopic (exact) mass is 296 g/mol. The Balaban J connectivity index is 1.75. The Morgan fingerprint density at radius 3 is 2.62 bits per heavy atom. The first-order valence-electron chi connectivity index (χ1n) is 9.38. The number of likely N-dealkylation sites (tertiary alicyclic amines) is 1. The molecule has 2 fully saturated rings. The molecule has 3 heteroatoms. The minimum atomic E-state index is 0.352. The van der Waals surface area contributed by atoms with Gasteiger partial charge in [0.25, 0.3) is 0 Å². The lowest BCUT2D eigenvalue weighted by molar-refractivity contribution is 0.126. The lowest BCUT2D eigenvalue weighted by atomic mass is 9.87. The third kappa shape index (κ3) is 6.25. The number of aliphatic hydroxyl groups is 1. The number of aliphatic hydroxyl groups excluding tert-OH is 1. The summed E-state index contributed by atoms with van der Waals surface area (Å²) in [7, 11) is 0. The minimum Gasteiger partial charge on any atom is -0.396 e. The molecular weight excluding hydrogens is 260 g/mol. The van der Waals surface area contributed by atoms with Crippen molar-refractivity contribution < 1.29 is 5.11 Å². The highest BCUT2D eigenvalue weighted by molar-refractivity contribution is 4.84. The van der Waals surface area contributed by atoms with Crippen LogP contribution >= 0.6 is 0 Å². The zero-order valence-electron chi connectivity index (χ0n) is 14.0. The molecule has 1 saturated heterocycles. The summed E-state index contributed by atoms with van der Waals surface area (Å²) in [5.74, 6) is 1.71. The average molecular weight is 296 g/mol. The van der Waals surface area contributed by atoms with Gasteiger partial charge in [-0.2, -0.15) is 0 Å². The van der Waals surface area contributed by atoms with Crippen molar-refractivity contribution in [1.82, 2.24) is 10.2 Å². The summed E-state index contributed by atoms with van der Waals surface area (Å²) in [6.07, 6.45) is 11.9. The van der Waals surface area contributed by atoms with Crippen LogP contribution in [-0.2, 0) is 0 Å². The molecule has 3 nitrogen and oxygen atoms in total. The van der Waals surface area contributed by atoms with Crippen molar-refractivity contribution in [2.45, 2.75) is 70.8 Å². The fraction of sp³-hybridized carbons (Fsp3) is 1.00. The molecule has 0 aromatic heterocycles. The molecule has 124 valence electrons. The summed E-state index contributed by atoms with van der Waals surface area (Å²) in [5.41, 5.74) is 0. The van der Waals surface area contributed by atoms with Gasteiger partial charge in [0, 0.05) is 25.7 Å². The van der Waals surface area contributed by atoms with Gasteiger partial charge in [-0.15, -0.1) is 0 Å². The maximum Gasteiger partial charge on any atom is 0.0431 e. The van der Waals surface area contributed by atoms with E-state index in [4.69, 9.17) is 5.11 Å². The smallest absolute Gasteiger partial charge is 0.0431 e. The SMILES string of the molecule is CCCN1CC(CCCO)CC(NCC2CCCCC2)C1. The largest absolute Gasteiger partial charge is 0.396 e. The second kappa shape index (κ2) is 9.81. The highest BCUT2D eigenvalue weighted by Gasteiger charge is 2.26. The van der Waals surface area contributed by atoms with Crippen molar-refractivity contribution in [2.24, 2.45) is 11.8 Å². The first-order chi connectivity index (χ1) is 10.3. The third-order valence-electron chi connectivity index (χ3n) is 5.34. The molecule has 0 aromatic carbocycles. The number of hydrogen-bond acceptors (Lipinski definition) is 3. The highest BCUT2D eigenvalue weighted by atomic mass is 16.2. The van der Waals surface area contributed by atoms with Gasteiger partial charge in [-0.25, -0.2) is 0 Å². The molecule has 2 unspecified atom stereocenters. The lowest BCUT2D eigenvalue weighted by Gasteiger charge is -2.39. The van der Waals surface area contributed by atoms with Gasteiger partial charge >= 0.3 is 0 Å². The zero-order chi connectivity index (χ0) is 14.9. The van der Waals surface area contributed by atoms with Crippen molar-refractivity contribution in [3.63, 3.8) is 0 Å². The molecule has 1 saturated carbocycles. The molecule has 0 aromatic rings. The second-order valence-electron chi connectivity index (χ2n) is 7.34. The predicted octanol–water partition coefficient (Wildman–Crippen LogP) is 3.03. The van der Waals surface area contributed by atoms with Crippen LogP contribution in [0.3, 0.4) is 0 Å². The maximum atomic E-state index is 9.08. The first-order valence-corrected chi connectivity index (χ1v) is 9.38. The molecule has 2 N–H and O–H groups in total. The number of nitrogens with one attached hydrogen (secondary N) is 1. The molecule has 0 radical (unpaired) electrons. The fourth-order valence-electron chi connectivity index (χ4n) is 4.26. The number of rotatable bonds is 8. The lowest BCUT2D eigenvalue weighted by Crippen LogP contribution is -2.50. The fourth-order valence-corrected chi connectivity index (χ4v) is 4.26. The Morgan fingerprint density at radius 1 is 1.10 bits per heavy atom. The summed E-state index contributed by atoms with van der Waals surface area (Å²) in [5, 5.41) is 13.0. The summed E-state index contributed by atoms with van der Waals surface area (Å²) in [4.78, 5) is 2.64. The minimum absolute atomic E-state index is 0.352. The van der Waals surface area contributed by atoms with Crippen LogP contribution in [0.4, 0.5) is 0 Å². The molecule has 1 heterocycles. The van der Waals surface area contributed by atoms with Gasteiger partial charge in [0.15, 0.2) is 0 Å². The topological polar surface area (TPSA) is 35.5 Å².